The fraction of sp³-hybridized carbons (Fsp3) is 0.579. The lowest BCUT2D eigenvalue weighted by atomic mass is 9.63. The number of likely N-dealkylation sites (N-methyl/N-ethyl adjacent to an activating group) is 1. The average Bonchev–Trinajstić information content (AvgIpc) is 2.54. The summed E-state index contributed by atoms with van der Waals surface area (Å²) in [5.74, 6) is 0. The largest absolute Gasteiger partial charge is 0.329 e. The molecule has 1 heterocycles. The molecule has 1 fully saturated rings. The highest BCUT2D eigenvalue weighted by atomic mass is 15.3. The molecule has 3 rings (SSSR count). The maximum Gasteiger partial charge on any atom is 0.0597 e. The second kappa shape index (κ2) is 5.26. The molecule has 2 aliphatic carbocycles. The lowest BCUT2D eigenvalue weighted by Gasteiger charge is -2.64. The molecule has 0 amide bonds. The third-order valence-electron chi connectivity index (χ3n) is 5.73. The van der Waals surface area contributed by atoms with Gasteiger partial charge in [0, 0.05) is 17.5 Å². The molecule has 0 bridgehead atoms. The SMILES string of the molecule is CCCCC1(CN)CC2(C=CC3(C=CCC=C3)C=C2)N1C. The van der Waals surface area contributed by atoms with E-state index < -0.39 is 0 Å². The highest BCUT2D eigenvalue weighted by Crippen LogP contribution is 2.51. The van der Waals surface area contributed by atoms with E-state index in [9.17, 15) is 0 Å². The van der Waals surface area contributed by atoms with Gasteiger partial charge in [-0.3, -0.25) is 4.90 Å². The first-order valence-electron chi connectivity index (χ1n) is 8.31. The highest BCUT2D eigenvalue weighted by Gasteiger charge is 2.56. The predicted octanol–water partition coefficient (Wildman–Crippen LogP) is 3.58. The first-order valence-corrected chi connectivity index (χ1v) is 8.31. The Balaban J connectivity index is 1.76. The van der Waals surface area contributed by atoms with Gasteiger partial charge < -0.3 is 5.73 Å². The van der Waals surface area contributed by atoms with Crippen LogP contribution in [0.2, 0.25) is 0 Å². The number of unbranched alkanes of at least 4 members (excludes halogenated alkanes) is 1. The van der Waals surface area contributed by atoms with Crippen molar-refractivity contribution < 1.29 is 0 Å². The van der Waals surface area contributed by atoms with E-state index in [4.69, 9.17) is 5.73 Å². The van der Waals surface area contributed by atoms with Gasteiger partial charge in [0.25, 0.3) is 0 Å². The molecule has 2 N–H and O–H groups in total. The van der Waals surface area contributed by atoms with Crippen LogP contribution in [0.5, 0.6) is 0 Å². The summed E-state index contributed by atoms with van der Waals surface area (Å²) in [5.41, 5.74) is 6.43. The number of likely N-dealkylation sites (tertiary alicyclic amines) is 1. The Bertz CT molecular complexity index is 484. The van der Waals surface area contributed by atoms with E-state index in [0.29, 0.717) is 0 Å². The summed E-state index contributed by atoms with van der Waals surface area (Å²) >= 11 is 0. The van der Waals surface area contributed by atoms with Crippen LogP contribution >= 0.6 is 0 Å². The van der Waals surface area contributed by atoms with Crippen molar-refractivity contribution in [1.82, 2.24) is 4.90 Å². The second-order valence-corrected chi connectivity index (χ2v) is 6.97. The maximum atomic E-state index is 6.11. The fourth-order valence-corrected chi connectivity index (χ4v) is 4.12. The summed E-state index contributed by atoms with van der Waals surface area (Å²) in [7, 11) is 2.24. The fourth-order valence-electron chi connectivity index (χ4n) is 4.12. The number of nitrogens with zero attached hydrogens (tertiary/aromatic N) is 1. The molecule has 1 aliphatic heterocycles. The van der Waals surface area contributed by atoms with E-state index in [0.717, 1.165) is 19.4 Å². The van der Waals surface area contributed by atoms with Gasteiger partial charge in [-0.15, -0.1) is 0 Å². The summed E-state index contributed by atoms with van der Waals surface area (Å²) in [4.78, 5) is 2.51. The first kappa shape index (κ1) is 14.8. The van der Waals surface area contributed by atoms with E-state index in [1.165, 1.54) is 19.3 Å². The minimum atomic E-state index is 0.0225. The van der Waals surface area contributed by atoms with Gasteiger partial charge in [-0.05, 0) is 26.3 Å². The molecule has 1 atom stereocenters. The number of hydrogen-bond acceptors (Lipinski definition) is 2. The molecule has 0 aromatic rings. The van der Waals surface area contributed by atoms with Gasteiger partial charge in [-0.25, -0.2) is 0 Å². The smallest absolute Gasteiger partial charge is 0.0597 e. The molecule has 0 aromatic heterocycles. The van der Waals surface area contributed by atoms with Crippen LogP contribution in [-0.4, -0.2) is 29.6 Å². The van der Waals surface area contributed by atoms with Crippen molar-refractivity contribution in [3.63, 3.8) is 0 Å². The standard InChI is InChI=1S/C19H28N2/c1-3-4-10-19(16-20)15-18(21(19)2)13-11-17(12-14-18)8-6-5-7-9-17/h6-9,11-14H,3-5,10,15-16,20H2,1-2H3. The van der Waals surface area contributed by atoms with Crippen molar-refractivity contribution >= 4 is 0 Å². The Hall–Kier alpha value is -1.12. The number of nitrogens with two attached hydrogens (primary N) is 1. The van der Waals surface area contributed by atoms with Gasteiger partial charge in [0.05, 0.1) is 5.54 Å². The van der Waals surface area contributed by atoms with E-state index in [1.54, 1.807) is 0 Å². The Kier molecular flexibility index (Phi) is 3.71. The molecule has 0 saturated carbocycles. The molecule has 2 heteroatoms. The van der Waals surface area contributed by atoms with Crippen LogP contribution < -0.4 is 5.73 Å². The molecule has 2 spiro atoms. The van der Waals surface area contributed by atoms with Crippen LogP contribution in [0.15, 0.2) is 48.6 Å². The van der Waals surface area contributed by atoms with E-state index >= 15 is 0 Å². The molecular weight excluding hydrogens is 256 g/mol. The monoisotopic (exact) mass is 284 g/mol. The van der Waals surface area contributed by atoms with E-state index in [1.807, 2.05) is 0 Å². The molecular formula is C19H28N2. The molecule has 114 valence electrons. The van der Waals surface area contributed by atoms with Gasteiger partial charge in [-0.2, -0.15) is 0 Å². The minimum Gasteiger partial charge on any atom is -0.329 e. The topological polar surface area (TPSA) is 29.3 Å². The lowest BCUT2D eigenvalue weighted by Crippen LogP contribution is -2.73. The summed E-state index contributed by atoms with van der Waals surface area (Å²) in [6.07, 6.45) is 24.6. The zero-order valence-corrected chi connectivity index (χ0v) is 13.4. The van der Waals surface area contributed by atoms with Gasteiger partial charge in [0.2, 0.25) is 0 Å². The highest BCUT2D eigenvalue weighted by molar-refractivity contribution is 5.43. The summed E-state index contributed by atoms with van der Waals surface area (Å²) in [5, 5.41) is 0. The number of rotatable bonds is 4. The van der Waals surface area contributed by atoms with Crippen LogP contribution in [0.25, 0.3) is 0 Å². The zero-order valence-electron chi connectivity index (χ0n) is 13.4. The summed E-state index contributed by atoms with van der Waals surface area (Å²) in [6.45, 7) is 3.02. The number of allylic oxidation sites excluding steroid dienone is 6. The predicted molar refractivity (Wildman–Crippen MR) is 90.0 cm³/mol. The maximum absolute atomic E-state index is 6.11. The molecule has 2 nitrogen and oxygen atoms in total. The van der Waals surface area contributed by atoms with Gasteiger partial charge in [0.1, 0.15) is 0 Å². The van der Waals surface area contributed by atoms with Crippen LogP contribution in [0.4, 0.5) is 0 Å². The van der Waals surface area contributed by atoms with Crippen molar-refractivity contribution in [2.45, 2.75) is 50.1 Å². The first-order chi connectivity index (χ1) is 10.1. The van der Waals surface area contributed by atoms with Crippen LogP contribution in [0.3, 0.4) is 0 Å². The molecule has 0 radical (unpaired) electrons. The molecule has 21 heavy (non-hydrogen) atoms. The minimum absolute atomic E-state index is 0.0225. The van der Waals surface area contributed by atoms with Crippen molar-refractivity contribution in [2.24, 2.45) is 11.1 Å². The molecule has 0 aromatic carbocycles. The van der Waals surface area contributed by atoms with Gasteiger partial charge in [0.15, 0.2) is 0 Å². The molecule has 1 unspecified atom stereocenters. The van der Waals surface area contributed by atoms with Crippen LogP contribution in [-0.2, 0) is 0 Å². The lowest BCUT2D eigenvalue weighted by molar-refractivity contribution is -0.0746. The molecule has 3 aliphatic rings. The third kappa shape index (κ3) is 2.25. The van der Waals surface area contributed by atoms with Gasteiger partial charge in [-0.1, -0.05) is 68.4 Å². The Morgan fingerprint density at radius 3 is 2.24 bits per heavy atom. The van der Waals surface area contributed by atoms with Crippen LogP contribution in [0, 0.1) is 5.41 Å². The summed E-state index contributed by atoms with van der Waals surface area (Å²) < 4.78 is 0. The quantitative estimate of drug-likeness (QED) is 0.800. The summed E-state index contributed by atoms with van der Waals surface area (Å²) in [6, 6.07) is 0. The van der Waals surface area contributed by atoms with E-state index in [2.05, 4.69) is 67.5 Å². The Labute approximate surface area is 129 Å². The normalized spacial score (nSPS) is 32.0. The van der Waals surface area contributed by atoms with E-state index in [-0.39, 0.29) is 16.5 Å². The molecule has 1 saturated heterocycles. The van der Waals surface area contributed by atoms with Crippen LogP contribution in [0.1, 0.15) is 39.0 Å². The third-order valence-corrected chi connectivity index (χ3v) is 5.73. The van der Waals surface area contributed by atoms with Crippen molar-refractivity contribution in [3.05, 3.63) is 48.6 Å². The number of hydrogen-bond donors (Lipinski definition) is 1. The van der Waals surface area contributed by atoms with Crippen molar-refractivity contribution in [3.8, 4) is 0 Å². The Morgan fingerprint density at radius 1 is 1.05 bits per heavy atom. The average molecular weight is 284 g/mol. The Morgan fingerprint density at radius 2 is 1.71 bits per heavy atom. The van der Waals surface area contributed by atoms with Crippen molar-refractivity contribution in [2.75, 3.05) is 13.6 Å². The second-order valence-electron chi connectivity index (χ2n) is 6.97. The zero-order chi connectivity index (χ0) is 15.0. The van der Waals surface area contributed by atoms with Gasteiger partial charge >= 0.3 is 0 Å². The van der Waals surface area contributed by atoms with Crippen molar-refractivity contribution in [1.29, 1.82) is 0 Å².